The van der Waals surface area contributed by atoms with Crippen molar-refractivity contribution in [1.29, 1.82) is 0 Å². The van der Waals surface area contributed by atoms with Gasteiger partial charge in [0, 0.05) is 18.4 Å². The van der Waals surface area contributed by atoms with Crippen molar-refractivity contribution >= 4 is 38.4 Å². The first-order valence-electron chi connectivity index (χ1n) is 8.60. The number of benzene rings is 2. The molecule has 1 N–H and O–H groups in total. The molecule has 1 fully saturated rings. The molecule has 4 rings (SSSR count). The summed E-state index contributed by atoms with van der Waals surface area (Å²) in [7, 11) is -3.52. The van der Waals surface area contributed by atoms with Crippen molar-refractivity contribution in [2.24, 2.45) is 0 Å². The van der Waals surface area contributed by atoms with Crippen LogP contribution in [0.15, 0.2) is 47.4 Å². The standard InChI is InChI=1S/C19H18ClN3O3S/c1-27(25,26)17-11-12(8-9-13(17)20)19(24)23-10-4-7-16(23)18-21-14-5-2-3-6-15(14)22-18/h2-3,5-6,8-9,11,16H,4,7,10H2,1H3,(H,21,22). The molecular formula is C19H18ClN3O3S. The van der Waals surface area contributed by atoms with Crippen molar-refractivity contribution in [2.75, 3.05) is 12.8 Å². The van der Waals surface area contributed by atoms with Gasteiger partial charge in [-0.1, -0.05) is 23.7 Å². The quantitative estimate of drug-likeness (QED) is 0.724. The van der Waals surface area contributed by atoms with Gasteiger partial charge in [-0.25, -0.2) is 13.4 Å². The summed E-state index contributed by atoms with van der Waals surface area (Å²) < 4.78 is 23.8. The van der Waals surface area contributed by atoms with Crippen molar-refractivity contribution in [3.8, 4) is 0 Å². The molecule has 0 spiro atoms. The number of carbonyl (C=O) groups excluding carboxylic acids is 1. The summed E-state index contributed by atoms with van der Waals surface area (Å²) in [6.07, 6.45) is 2.74. The molecular weight excluding hydrogens is 386 g/mol. The molecule has 2 aromatic carbocycles. The molecule has 0 bridgehead atoms. The smallest absolute Gasteiger partial charge is 0.254 e. The molecule has 3 aromatic rings. The number of nitrogens with zero attached hydrogens (tertiary/aromatic N) is 2. The molecule has 27 heavy (non-hydrogen) atoms. The molecule has 1 atom stereocenters. The van der Waals surface area contributed by atoms with E-state index in [9.17, 15) is 13.2 Å². The Morgan fingerprint density at radius 2 is 2.04 bits per heavy atom. The van der Waals surface area contributed by atoms with Gasteiger partial charge >= 0.3 is 0 Å². The van der Waals surface area contributed by atoms with Gasteiger partial charge in [0.05, 0.1) is 27.0 Å². The molecule has 1 unspecified atom stereocenters. The molecule has 140 valence electrons. The Hall–Kier alpha value is -2.38. The van der Waals surface area contributed by atoms with E-state index in [4.69, 9.17) is 11.6 Å². The first-order chi connectivity index (χ1) is 12.8. The van der Waals surface area contributed by atoms with E-state index in [1.54, 1.807) is 11.0 Å². The van der Waals surface area contributed by atoms with Crippen molar-refractivity contribution in [1.82, 2.24) is 14.9 Å². The largest absolute Gasteiger partial charge is 0.340 e. The zero-order valence-electron chi connectivity index (χ0n) is 14.6. The number of rotatable bonds is 3. The van der Waals surface area contributed by atoms with Crippen LogP contribution in [0.4, 0.5) is 0 Å². The molecule has 2 heterocycles. The Morgan fingerprint density at radius 1 is 1.26 bits per heavy atom. The highest BCUT2D eigenvalue weighted by molar-refractivity contribution is 7.90. The maximum absolute atomic E-state index is 13.1. The van der Waals surface area contributed by atoms with Crippen LogP contribution in [-0.2, 0) is 9.84 Å². The lowest BCUT2D eigenvalue weighted by Crippen LogP contribution is -2.31. The lowest BCUT2D eigenvalue weighted by atomic mass is 10.1. The molecule has 8 heteroatoms. The second-order valence-electron chi connectivity index (χ2n) is 6.71. The number of para-hydroxylation sites is 2. The number of H-pyrrole nitrogens is 1. The van der Waals surface area contributed by atoms with Crippen LogP contribution in [0, 0.1) is 0 Å². The van der Waals surface area contributed by atoms with Gasteiger partial charge in [-0.2, -0.15) is 0 Å². The number of halogens is 1. The Kier molecular flexibility index (Phi) is 4.44. The summed E-state index contributed by atoms with van der Waals surface area (Å²) in [5.41, 5.74) is 2.10. The summed E-state index contributed by atoms with van der Waals surface area (Å²) in [5.74, 6) is 0.527. The molecule has 1 saturated heterocycles. The fourth-order valence-corrected chi connectivity index (χ4v) is 4.81. The van der Waals surface area contributed by atoms with Gasteiger partial charge in [0.1, 0.15) is 5.82 Å². The molecule has 6 nitrogen and oxygen atoms in total. The van der Waals surface area contributed by atoms with E-state index in [0.717, 1.165) is 36.0 Å². The molecule has 0 aliphatic carbocycles. The van der Waals surface area contributed by atoms with Crippen LogP contribution in [0.3, 0.4) is 0 Å². The molecule has 0 radical (unpaired) electrons. The van der Waals surface area contributed by atoms with E-state index in [0.29, 0.717) is 12.1 Å². The van der Waals surface area contributed by atoms with Gasteiger partial charge in [0.2, 0.25) is 0 Å². The maximum atomic E-state index is 13.1. The second kappa shape index (κ2) is 6.65. The van der Waals surface area contributed by atoms with Crippen LogP contribution in [0.1, 0.15) is 35.1 Å². The number of hydrogen-bond acceptors (Lipinski definition) is 4. The van der Waals surface area contributed by atoms with Crippen molar-refractivity contribution in [2.45, 2.75) is 23.8 Å². The first kappa shape index (κ1) is 18.0. The Morgan fingerprint density at radius 3 is 2.78 bits per heavy atom. The minimum atomic E-state index is -3.52. The number of nitrogens with one attached hydrogen (secondary N) is 1. The number of imidazole rings is 1. The van der Waals surface area contributed by atoms with Crippen LogP contribution in [0.2, 0.25) is 5.02 Å². The SMILES string of the molecule is CS(=O)(=O)c1cc(C(=O)N2CCCC2c2nc3ccccc3[nH]2)ccc1Cl. The molecule has 1 aliphatic heterocycles. The third-order valence-electron chi connectivity index (χ3n) is 4.81. The minimum Gasteiger partial charge on any atom is -0.340 e. The highest BCUT2D eigenvalue weighted by Gasteiger charge is 2.33. The number of amides is 1. The number of sulfone groups is 1. The Balaban J connectivity index is 1.69. The molecule has 0 saturated carbocycles. The number of carbonyl (C=O) groups is 1. The van der Waals surface area contributed by atoms with Crippen molar-refractivity contribution in [3.05, 3.63) is 58.9 Å². The van der Waals surface area contributed by atoms with Crippen LogP contribution in [0.5, 0.6) is 0 Å². The summed E-state index contributed by atoms with van der Waals surface area (Å²) in [4.78, 5) is 22.7. The summed E-state index contributed by atoms with van der Waals surface area (Å²) in [6.45, 7) is 0.595. The van der Waals surface area contributed by atoms with Crippen molar-refractivity contribution < 1.29 is 13.2 Å². The second-order valence-corrected chi connectivity index (χ2v) is 9.10. The predicted molar refractivity (Wildman–Crippen MR) is 104 cm³/mol. The summed E-state index contributed by atoms with van der Waals surface area (Å²) in [6, 6.07) is 11.9. The van der Waals surface area contributed by atoms with Crippen LogP contribution in [-0.4, -0.2) is 42.0 Å². The highest BCUT2D eigenvalue weighted by Crippen LogP contribution is 2.33. The van der Waals surface area contributed by atoms with E-state index in [1.807, 2.05) is 24.3 Å². The fraction of sp³-hybridized carbons (Fsp3) is 0.263. The maximum Gasteiger partial charge on any atom is 0.254 e. The molecule has 1 amide bonds. The number of likely N-dealkylation sites (tertiary alicyclic amines) is 1. The molecule has 1 aromatic heterocycles. The highest BCUT2D eigenvalue weighted by atomic mass is 35.5. The minimum absolute atomic E-state index is 0.0329. The zero-order chi connectivity index (χ0) is 19.2. The number of hydrogen-bond donors (Lipinski definition) is 1. The lowest BCUT2D eigenvalue weighted by molar-refractivity contribution is 0.0730. The topological polar surface area (TPSA) is 83.1 Å². The Labute approximate surface area is 162 Å². The van der Waals surface area contributed by atoms with E-state index >= 15 is 0 Å². The lowest BCUT2D eigenvalue weighted by Gasteiger charge is -2.23. The number of aromatic amines is 1. The summed E-state index contributed by atoms with van der Waals surface area (Å²) >= 11 is 6.00. The number of fused-ring (bicyclic) bond motifs is 1. The normalized spacial score (nSPS) is 17.6. The zero-order valence-corrected chi connectivity index (χ0v) is 16.2. The van der Waals surface area contributed by atoms with E-state index in [-0.39, 0.29) is 21.9 Å². The average Bonchev–Trinajstić information content (AvgIpc) is 3.27. The van der Waals surface area contributed by atoms with Crippen LogP contribution < -0.4 is 0 Å². The van der Waals surface area contributed by atoms with Crippen LogP contribution in [0.25, 0.3) is 11.0 Å². The van der Waals surface area contributed by atoms with Gasteiger partial charge in [-0.05, 0) is 43.2 Å². The van der Waals surface area contributed by atoms with Crippen molar-refractivity contribution in [3.63, 3.8) is 0 Å². The predicted octanol–water partition coefficient (Wildman–Crippen LogP) is 3.60. The summed E-state index contributed by atoms with van der Waals surface area (Å²) in [5, 5.41) is 0.115. The third kappa shape index (κ3) is 3.33. The van der Waals surface area contributed by atoms with Gasteiger partial charge in [0.15, 0.2) is 9.84 Å². The van der Waals surface area contributed by atoms with Gasteiger partial charge in [-0.15, -0.1) is 0 Å². The Bertz CT molecular complexity index is 1110. The third-order valence-corrected chi connectivity index (χ3v) is 6.39. The average molecular weight is 404 g/mol. The number of aromatic nitrogens is 2. The monoisotopic (exact) mass is 403 g/mol. The van der Waals surface area contributed by atoms with Crippen LogP contribution >= 0.6 is 11.6 Å². The molecule has 1 aliphatic rings. The van der Waals surface area contributed by atoms with Gasteiger partial charge < -0.3 is 9.88 Å². The van der Waals surface area contributed by atoms with Gasteiger partial charge in [0.25, 0.3) is 5.91 Å². The fourth-order valence-electron chi connectivity index (χ4n) is 3.51. The van der Waals surface area contributed by atoms with Gasteiger partial charge in [-0.3, -0.25) is 4.79 Å². The van der Waals surface area contributed by atoms with E-state index < -0.39 is 9.84 Å². The first-order valence-corrected chi connectivity index (χ1v) is 10.9. The van der Waals surface area contributed by atoms with E-state index in [1.165, 1.54) is 12.1 Å². The van der Waals surface area contributed by atoms with E-state index in [2.05, 4.69) is 9.97 Å².